The Morgan fingerprint density at radius 2 is 2.05 bits per heavy atom. The predicted octanol–water partition coefficient (Wildman–Crippen LogP) is 3.82. The number of nitrogens with one attached hydrogen (secondary N) is 1. The fourth-order valence-electron chi connectivity index (χ4n) is 1.87. The van der Waals surface area contributed by atoms with Gasteiger partial charge in [0.05, 0.1) is 6.42 Å². The van der Waals surface area contributed by atoms with Crippen LogP contribution in [0.4, 0.5) is 8.78 Å². The number of carbonyl (C=O) groups is 1. The zero-order chi connectivity index (χ0) is 15.2. The van der Waals surface area contributed by atoms with Gasteiger partial charge in [0.2, 0.25) is 5.91 Å². The first-order chi connectivity index (χ1) is 9.34. The Balaban J connectivity index is 2.47. The lowest BCUT2D eigenvalue weighted by Gasteiger charge is -2.24. The van der Waals surface area contributed by atoms with Crippen LogP contribution in [0.5, 0.6) is 0 Å². The number of alkyl halides is 1. The molecule has 2 nitrogen and oxygen atoms in total. The molecule has 0 fully saturated rings. The summed E-state index contributed by atoms with van der Waals surface area (Å²) in [5.74, 6) is -1.57. The monoisotopic (exact) mass is 347 g/mol. The summed E-state index contributed by atoms with van der Waals surface area (Å²) < 4.78 is 26.2. The number of halogens is 3. The normalized spacial score (nSPS) is 11.4. The van der Waals surface area contributed by atoms with Crippen LogP contribution in [0.1, 0.15) is 32.3 Å². The maximum Gasteiger partial charge on any atom is 0.224 e. The number of rotatable bonds is 7. The standard InChI is InChI=1S/C15H20BrF2NO/c1-15(2,6-3-7-16)10-19-14(20)8-11-4-5-12(17)9-13(11)18/h4-5,9H,3,6-8,10H2,1-2H3,(H,19,20). The molecule has 20 heavy (non-hydrogen) atoms. The van der Waals surface area contributed by atoms with E-state index in [4.69, 9.17) is 0 Å². The molecule has 0 bridgehead atoms. The topological polar surface area (TPSA) is 29.1 Å². The second-order valence-electron chi connectivity index (χ2n) is 5.65. The van der Waals surface area contributed by atoms with Crippen molar-refractivity contribution in [1.82, 2.24) is 5.32 Å². The summed E-state index contributed by atoms with van der Waals surface area (Å²) in [6, 6.07) is 3.26. The second kappa shape index (κ2) is 7.72. The van der Waals surface area contributed by atoms with E-state index in [2.05, 4.69) is 35.1 Å². The lowest BCUT2D eigenvalue weighted by Crippen LogP contribution is -2.35. The van der Waals surface area contributed by atoms with Crippen molar-refractivity contribution in [2.24, 2.45) is 5.41 Å². The summed E-state index contributed by atoms with van der Waals surface area (Å²) in [5, 5.41) is 3.74. The molecule has 0 saturated heterocycles. The molecule has 0 unspecified atom stereocenters. The first-order valence-corrected chi connectivity index (χ1v) is 7.73. The van der Waals surface area contributed by atoms with Crippen molar-refractivity contribution >= 4 is 21.8 Å². The molecule has 0 aromatic heterocycles. The zero-order valence-corrected chi connectivity index (χ0v) is 13.4. The van der Waals surface area contributed by atoms with E-state index in [1.807, 2.05) is 0 Å². The first-order valence-electron chi connectivity index (χ1n) is 6.61. The molecule has 0 aliphatic rings. The summed E-state index contributed by atoms with van der Waals surface area (Å²) in [7, 11) is 0. The minimum atomic E-state index is -0.682. The molecule has 0 atom stereocenters. The third-order valence-corrected chi connectivity index (χ3v) is 3.68. The van der Waals surface area contributed by atoms with Crippen molar-refractivity contribution < 1.29 is 13.6 Å². The highest BCUT2D eigenvalue weighted by atomic mass is 79.9. The highest BCUT2D eigenvalue weighted by molar-refractivity contribution is 9.09. The van der Waals surface area contributed by atoms with Crippen molar-refractivity contribution in [3.8, 4) is 0 Å². The number of hydrogen-bond donors (Lipinski definition) is 1. The van der Waals surface area contributed by atoms with Gasteiger partial charge in [0.25, 0.3) is 0 Å². The molecule has 1 N–H and O–H groups in total. The Kier molecular flexibility index (Phi) is 6.59. The lowest BCUT2D eigenvalue weighted by molar-refractivity contribution is -0.120. The predicted molar refractivity (Wildman–Crippen MR) is 79.9 cm³/mol. The van der Waals surface area contributed by atoms with Crippen molar-refractivity contribution in [2.75, 3.05) is 11.9 Å². The van der Waals surface area contributed by atoms with E-state index in [0.29, 0.717) is 6.54 Å². The molecule has 0 spiro atoms. The summed E-state index contributed by atoms with van der Waals surface area (Å²) in [5.41, 5.74) is 0.215. The van der Waals surface area contributed by atoms with Gasteiger partial charge < -0.3 is 5.32 Å². The van der Waals surface area contributed by atoms with Gasteiger partial charge in [-0.15, -0.1) is 0 Å². The zero-order valence-electron chi connectivity index (χ0n) is 11.8. The third kappa shape index (κ3) is 5.99. The summed E-state index contributed by atoms with van der Waals surface area (Å²) >= 11 is 3.38. The molecule has 0 aliphatic carbocycles. The van der Waals surface area contributed by atoms with Crippen LogP contribution in [0.25, 0.3) is 0 Å². The van der Waals surface area contributed by atoms with Gasteiger partial charge in [0.1, 0.15) is 11.6 Å². The Hall–Kier alpha value is -0.970. The van der Waals surface area contributed by atoms with Gasteiger partial charge in [0, 0.05) is 17.9 Å². The smallest absolute Gasteiger partial charge is 0.224 e. The molecular weight excluding hydrogens is 328 g/mol. The molecule has 0 heterocycles. The molecule has 112 valence electrons. The van der Waals surface area contributed by atoms with Crippen molar-refractivity contribution in [2.45, 2.75) is 33.1 Å². The molecular formula is C15H20BrF2NO. The lowest BCUT2D eigenvalue weighted by atomic mass is 9.88. The average molecular weight is 348 g/mol. The number of amides is 1. The number of benzene rings is 1. The molecule has 0 saturated carbocycles. The van der Waals surface area contributed by atoms with Crippen LogP contribution in [-0.4, -0.2) is 17.8 Å². The maximum atomic E-state index is 13.4. The van der Waals surface area contributed by atoms with Crippen LogP contribution < -0.4 is 5.32 Å². The quantitative estimate of drug-likeness (QED) is 0.746. The van der Waals surface area contributed by atoms with Crippen LogP contribution in [0.3, 0.4) is 0 Å². The summed E-state index contributed by atoms with van der Waals surface area (Å²) in [6.07, 6.45) is 1.96. The van der Waals surface area contributed by atoms with Crippen LogP contribution in [0.2, 0.25) is 0 Å². The van der Waals surface area contributed by atoms with Crippen molar-refractivity contribution in [1.29, 1.82) is 0 Å². The van der Waals surface area contributed by atoms with E-state index in [0.717, 1.165) is 30.3 Å². The van der Waals surface area contributed by atoms with Crippen LogP contribution in [0, 0.1) is 17.0 Å². The average Bonchev–Trinajstić information content (AvgIpc) is 2.38. The first kappa shape index (κ1) is 17.1. The van der Waals surface area contributed by atoms with Gasteiger partial charge in [-0.3, -0.25) is 4.79 Å². The Morgan fingerprint density at radius 1 is 1.35 bits per heavy atom. The minimum absolute atomic E-state index is 0.00473. The molecule has 1 rings (SSSR count). The number of carbonyl (C=O) groups excluding carboxylic acids is 1. The molecule has 0 radical (unpaired) electrons. The second-order valence-corrected chi connectivity index (χ2v) is 6.44. The highest BCUT2D eigenvalue weighted by Gasteiger charge is 2.18. The number of hydrogen-bond acceptors (Lipinski definition) is 1. The van der Waals surface area contributed by atoms with Gasteiger partial charge in [-0.25, -0.2) is 8.78 Å². The summed E-state index contributed by atoms with van der Waals surface area (Å²) in [6.45, 7) is 4.70. The van der Waals surface area contributed by atoms with Crippen LogP contribution in [0.15, 0.2) is 18.2 Å². The van der Waals surface area contributed by atoms with Crippen LogP contribution >= 0.6 is 15.9 Å². The molecule has 1 amide bonds. The molecule has 5 heteroatoms. The molecule has 0 aliphatic heterocycles. The Labute approximate surface area is 127 Å². The van der Waals surface area contributed by atoms with Gasteiger partial charge >= 0.3 is 0 Å². The van der Waals surface area contributed by atoms with Gasteiger partial charge in [-0.1, -0.05) is 35.8 Å². The van der Waals surface area contributed by atoms with Crippen molar-refractivity contribution in [3.05, 3.63) is 35.4 Å². The SMILES string of the molecule is CC(C)(CCCBr)CNC(=O)Cc1ccc(F)cc1F. The fraction of sp³-hybridized carbons (Fsp3) is 0.533. The van der Waals surface area contributed by atoms with Gasteiger partial charge in [0.15, 0.2) is 0 Å². The highest BCUT2D eigenvalue weighted by Crippen LogP contribution is 2.21. The van der Waals surface area contributed by atoms with Gasteiger partial charge in [-0.2, -0.15) is 0 Å². The fourth-order valence-corrected chi connectivity index (χ4v) is 2.15. The third-order valence-electron chi connectivity index (χ3n) is 3.12. The Bertz CT molecular complexity index is 463. The van der Waals surface area contributed by atoms with E-state index in [9.17, 15) is 13.6 Å². The van der Waals surface area contributed by atoms with E-state index < -0.39 is 11.6 Å². The Morgan fingerprint density at radius 3 is 2.65 bits per heavy atom. The maximum absolute atomic E-state index is 13.4. The minimum Gasteiger partial charge on any atom is -0.355 e. The van der Waals surface area contributed by atoms with Crippen LogP contribution in [-0.2, 0) is 11.2 Å². The largest absolute Gasteiger partial charge is 0.355 e. The molecule has 1 aromatic carbocycles. The van der Waals surface area contributed by atoms with E-state index in [1.54, 1.807) is 0 Å². The van der Waals surface area contributed by atoms with E-state index in [1.165, 1.54) is 6.07 Å². The van der Waals surface area contributed by atoms with Gasteiger partial charge in [-0.05, 0) is 29.9 Å². The molecule has 1 aromatic rings. The van der Waals surface area contributed by atoms with E-state index >= 15 is 0 Å². The van der Waals surface area contributed by atoms with E-state index in [-0.39, 0.29) is 23.3 Å². The van der Waals surface area contributed by atoms with Crippen molar-refractivity contribution in [3.63, 3.8) is 0 Å². The summed E-state index contributed by atoms with van der Waals surface area (Å²) in [4.78, 5) is 11.8.